The van der Waals surface area contributed by atoms with Crippen molar-refractivity contribution < 1.29 is 4.79 Å². The molecular formula is C14H22N4O. The van der Waals surface area contributed by atoms with Crippen LogP contribution in [0.5, 0.6) is 0 Å². The van der Waals surface area contributed by atoms with Gasteiger partial charge in [0, 0.05) is 45.6 Å². The van der Waals surface area contributed by atoms with Crippen molar-refractivity contribution in [1.82, 2.24) is 14.8 Å². The molecule has 1 aliphatic rings. The molecule has 0 radical (unpaired) electrons. The average Bonchev–Trinajstić information content (AvgIpc) is 2.42. The SMILES string of the molecule is CN(C)C(=O)CN1CCC(Nc2cccnc2)CC1. The van der Waals surface area contributed by atoms with Crippen LogP contribution in [0.4, 0.5) is 5.69 Å². The highest BCUT2D eigenvalue weighted by Gasteiger charge is 2.21. The summed E-state index contributed by atoms with van der Waals surface area (Å²) in [6.45, 7) is 2.47. The summed E-state index contributed by atoms with van der Waals surface area (Å²) in [4.78, 5) is 19.6. The number of nitrogens with one attached hydrogen (secondary N) is 1. The van der Waals surface area contributed by atoms with Crippen LogP contribution in [0.15, 0.2) is 24.5 Å². The third kappa shape index (κ3) is 4.21. The summed E-state index contributed by atoms with van der Waals surface area (Å²) in [5.74, 6) is 0.179. The van der Waals surface area contributed by atoms with Crippen molar-refractivity contribution in [2.75, 3.05) is 39.0 Å². The maximum Gasteiger partial charge on any atom is 0.236 e. The topological polar surface area (TPSA) is 48.5 Å². The highest BCUT2D eigenvalue weighted by Crippen LogP contribution is 2.15. The number of rotatable bonds is 4. The van der Waals surface area contributed by atoms with Crippen LogP contribution >= 0.6 is 0 Å². The largest absolute Gasteiger partial charge is 0.381 e. The lowest BCUT2D eigenvalue weighted by Crippen LogP contribution is -2.43. The van der Waals surface area contributed by atoms with Crippen LogP contribution in [0, 0.1) is 0 Å². The Morgan fingerprint density at radius 1 is 1.47 bits per heavy atom. The van der Waals surface area contributed by atoms with E-state index in [0.29, 0.717) is 12.6 Å². The van der Waals surface area contributed by atoms with Gasteiger partial charge in [0.25, 0.3) is 0 Å². The fourth-order valence-corrected chi connectivity index (χ4v) is 2.25. The first-order valence-corrected chi connectivity index (χ1v) is 6.74. The van der Waals surface area contributed by atoms with Gasteiger partial charge in [-0.1, -0.05) is 0 Å². The number of hydrogen-bond donors (Lipinski definition) is 1. The van der Waals surface area contributed by atoms with E-state index >= 15 is 0 Å². The van der Waals surface area contributed by atoms with Crippen molar-refractivity contribution in [2.45, 2.75) is 18.9 Å². The number of nitrogens with zero attached hydrogens (tertiary/aromatic N) is 3. The Hall–Kier alpha value is -1.62. The summed E-state index contributed by atoms with van der Waals surface area (Å²) in [7, 11) is 3.61. The second kappa shape index (κ2) is 6.52. The molecule has 1 N–H and O–H groups in total. The van der Waals surface area contributed by atoms with E-state index in [2.05, 4.69) is 15.2 Å². The fourth-order valence-electron chi connectivity index (χ4n) is 2.25. The van der Waals surface area contributed by atoms with Gasteiger partial charge in [0.2, 0.25) is 5.91 Å². The maximum absolute atomic E-state index is 11.6. The van der Waals surface area contributed by atoms with Crippen molar-refractivity contribution in [3.63, 3.8) is 0 Å². The molecule has 104 valence electrons. The van der Waals surface area contributed by atoms with Gasteiger partial charge in [0.15, 0.2) is 0 Å². The van der Waals surface area contributed by atoms with Crippen molar-refractivity contribution in [1.29, 1.82) is 0 Å². The van der Waals surface area contributed by atoms with Gasteiger partial charge in [0.05, 0.1) is 12.2 Å². The number of likely N-dealkylation sites (N-methyl/N-ethyl adjacent to an activating group) is 1. The minimum Gasteiger partial charge on any atom is -0.381 e. The van der Waals surface area contributed by atoms with Crippen molar-refractivity contribution in [3.8, 4) is 0 Å². The lowest BCUT2D eigenvalue weighted by atomic mass is 10.0. The first kappa shape index (κ1) is 13.8. The number of aromatic nitrogens is 1. The fraction of sp³-hybridized carbons (Fsp3) is 0.571. The second-order valence-electron chi connectivity index (χ2n) is 5.22. The third-order valence-electron chi connectivity index (χ3n) is 3.48. The summed E-state index contributed by atoms with van der Waals surface area (Å²) < 4.78 is 0. The summed E-state index contributed by atoms with van der Waals surface area (Å²) in [6, 6.07) is 4.46. The minimum atomic E-state index is 0.179. The molecule has 1 saturated heterocycles. The molecule has 1 aromatic heterocycles. The minimum absolute atomic E-state index is 0.179. The number of pyridine rings is 1. The number of piperidine rings is 1. The van der Waals surface area contributed by atoms with E-state index in [1.165, 1.54) is 0 Å². The Kier molecular flexibility index (Phi) is 4.74. The summed E-state index contributed by atoms with van der Waals surface area (Å²) in [5.41, 5.74) is 1.07. The molecular weight excluding hydrogens is 240 g/mol. The number of amides is 1. The van der Waals surface area contributed by atoms with E-state index in [-0.39, 0.29) is 5.91 Å². The van der Waals surface area contributed by atoms with Gasteiger partial charge in [-0.25, -0.2) is 0 Å². The van der Waals surface area contributed by atoms with Gasteiger partial charge < -0.3 is 10.2 Å². The van der Waals surface area contributed by atoms with Gasteiger partial charge >= 0.3 is 0 Å². The molecule has 0 aromatic carbocycles. The number of anilines is 1. The number of carbonyl (C=O) groups is 1. The van der Waals surface area contributed by atoms with E-state index in [9.17, 15) is 4.79 Å². The Morgan fingerprint density at radius 2 is 2.21 bits per heavy atom. The number of carbonyl (C=O) groups excluding carboxylic acids is 1. The van der Waals surface area contributed by atoms with Crippen molar-refractivity contribution in [2.24, 2.45) is 0 Å². The zero-order valence-corrected chi connectivity index (χ0v) is 11.7. The van der Waals surface area contributed by atoms with Crippen LogP contribution in [0.25, 0.3) is 0 Å². The van der Waals surface area contributed by atoms with Crippen LogP contribution in [0.1, 0.15) is 12.8 Å². The Morgan fingerprint density at radius 3 is 2.79 bits per heavy atom. The van der Waals surface area contributed by atoms with E-state index in [4.69, 9.17) is 0 Å². The van der Waals surface area contributed by atoms with E-state index < -0.39 is 0 Å². The molecule has 19 heavy (non-hydrogen) atoms. The van der Waals surface area contributed by atoms with Gasteiger partial charge in [-0.15, -0.1) is 0 Å². The van der Waals surface area contributed by atoms with Crippen LogP contribution in [0.2, 0.25) is 0 Å². The Balaban J connectivity index is 1.75. The summed E-state index contributed by atoms with van der Waals surface area (Å²) in [5, 5.41) is 3.49. The van der Waals surface area contributed by atoms with Crippen LogP contribution in [-0.4, -0.2) is 60.5 Å². The van der Waals surface area contributed by atoms with E-state index in [1.807, 2.05) is 18.3 Å². The summed E-state index contributed by atoms with van der Waals surface area (Å²) >= 11 is 0. The summed E-state index contributed by atoms with van der Waals surface area (Å²) in [6.07, 6.45) is 5.76. The molecule has 1 amide bonds. The lowest BCUT2D eigenvalue weighted by molar-refractivity contribution is -0.130. The predicted molar refractivity (Wildman–Crippen MR) is 76.0 cm³/mol. The zero-order valence-electron chi connectivity index (χ0n) is 11.7. The van der Waals surface area contributed by atoms with Gasteiger partial charge in [-0.2, -0.15) is 0 Å². The molecule has 0 bridgehead atoms. The van der Waals surface area contributed by atoms with E-state index in [0.717, 1.165) is 31.6 Å². The van der Waals surface area contributed by atoms with Gasteiger partial charge in [-0.3, -0.25) is 14.7 Å². The Bertz CT molecular complexity index is 399. The molecule has 2 heterocycles. The monoisotopic (exact) mass is 262 g/mol. The highest BCUT2D eigenvalue weighted by atomic mass is 16.2. The Labute approximate surface area is 114 Å². The van der Waals surface area contributed by atoms with Gasteiger partial charge in [-0.05, 0) is 25.0 Å². The molecule has 1 fully saturated rings. The van der Waals surface area contributed by atoms with Crippen molar-refractivity contribution in [3.05, 3.63) is 24.5 Å². The normalized spacial score (nSPS) is 17.2. The third-order valence-corrected chi connectivity index (χ3v) is 3.48. The van der Waals surface area contributed by atoms with E-state index in [1.54, 1.807) is 25.2 Å². The lowest BCUT2D eigenvalue weighted by Gasteiger charge is -2.32. The standard InChI is InChI=1S/C14H22N4O/c1-17(2)14(19)11-18-8-5-12(6-9-18)16-13-4-3-7-15-10-13/h3-4,7,10,12,16H,5-6,8-9,11H2,1-2H3. The molecule has 2 rings (SSSR count). The maximum atomic E-state index is 11.6. The van der Waals surface area contributed by atoms with Crippen molar-refractivity contribution >= 4 is 11.6 Å². The predicted octanol–water partition coefficient (Wildman–Crippen LogP) is 1.05. The zero-order chi connectivity index (χ0) is 13.7. The first-order valence-electron chi connectivity index (χ1n) is 6.74. The molecule has 0 aliphatic carbocycles. The molecule has 0 unspecified atom stereocenters. The first-order chi connectivity index (χ1) is 9.15. The van der Waals surface area contributed by atoms with Crippen LogP contribution in [0.3, 0.4) is 0 Å². The molecule has 0 atom stereocenters. The van der Waals surface area contributed by atoms with Crippen LogP contribution < -0.4 is 5.32 Å². The molecule has 1 aromatic rings. The highest BCUT2D eigenvalue weighted by molar-refractivity contribution is 5.77. The molecule has 0 saturated carbocycles. The average molecular weight is 262 g/mol. The molecule has 0 spiro atoms. The molecule has 1 aliphatic heterocycles. The second-order valence-corrected chi connectivity index (χ2v) is 5.22. The van der Waals surface area contributed by atoms with Gasteiger partial charge in [0.1, 0.15) is 0 Å². The molecule has 5 heteroatoms. The molecule has 5 nitrogen and oxygen atoms in total. The quantitative estimate of drug-likeness (QED) is 0.881. The van der Waals surface area contributed by atoms with Crippen LogP contribution in [-0.2, 0) is 4.79 Å². The smallest absolute Gasteiger partial charge is 0.236 e. The number of likely N-dealkylation sites (tertiary alicyclic amines) is 1. The number of hydrogen-bond acceptors (Lipinski definition) is 4.